The molecule has 0 saturated heterocycles. The summed E-state index contributed by atoms with van der Waals surface area (Å²) in [6, 6.07) is 9.55. The fraction of sp³-hybridized carbons (Fsp3) is 0.481. The van der Waals surface area contributed by atoms with E-state index in [0.29, 0.717) is 27.7 Å². The summed E-state index contributed by atoms with van der Waals surface area (Å²) in [5.74, 6) is -1.02. The Kier molecular flexibility index (Phi) is 10.8. The molecule has 1 N–H and O–H groups in total. The molecule has 1 saturated carbocycles. The maximum absolute atomic E-state index is 13.6. The maximum atomic E-state index is 13.6. The Balaban J connectivity index is 1.79. The smallest absolute Gasteiger partial charge is 0.243 e. The highest BCUT2D eigenvalue weighted by Gasteiger charge is 2.31. The Labute approximate surface area is 234 Å². The number of carbonyl (C=O) groups is 2. The number of nitrogens with zero attached hydrogens (tertiary/aromatic N) is 2. The second-order valence-corrected chi connectivity index (χ2v) is 12.3. The van der Waals surface area contributed by atoms with Crippen LogP contribution in [-0.4, -0.2) is 50.0 Å². The van der Waals surface area contributed by atoms with Crippen molar-refractivity contribution in [3.05, 3.63) is 63.9 Å². The SMILES string of the molecule is CC[C@H](C(=O)NC1CCCC1)N(Cc1c(Cl)cccc1Cl)C(=O)CCCN(c1ccc(F)cc1)S(C)(=O)=O. The quantitative estimate of drug-likeness (QED) is 0.354. The van der Waals surface area contributed by atoms with E-state index in [1.807, 2.05) is 6.92 Å². The second-order valence-electron chi connectivity index (χ2n) is 9.55. The average molecular weight is 587 g/mol. The molecule has 0 unspecified atom stereocenters. The third-order valence-corrected chi connectivity index (χ3v) is 8.65. The number of nitrogens with one attached hydrogen (secondary N) is 1. The Morgan fingerprint density at radius 3 is 2.24 bits per heavy atom. The van der Waals surface area contributed by atoms with Crippen molar-refractivity contribution in [1.82, 2.24) is 10.2 Å². The minimum atomic E-state index is -3.67. The van der Waals surface area contributed by atoms with Crippen LogP contribution in [0.2, 0.25) is 10.0 Å². The van der Waals surface area contributed by atoms with Crippen LogP contribution in [0.5, 0.6) is 0 Å². The summed E-state index contributed by atoms with van der Waals surface area (Å²) in [6.45, 7) is 1.90. The van der Waals surface area contributed by atoms with E-state index in [1.165, 1.54) is 29.2 Å². The Morgan fingerprint density at radius 1 is 1.08 bits per heavy atom. The van der Waals surface area contributed by atoms with Gasteiger partial charge in [0.2, 0.25) is 21.8 Å². The van der Waals surface area contributed by atoms with Crippen LogP contribution in [0.4, 0.5) is 10.1 Å². The van der Waals surface area contributed by atoms with Crippen LogP contribution in [0.3, 0.4) is 0 Å². The lowest BCUT2D eigenvalue weighted by Crippen LogP contribution is -2.51. The summed E-state index contributed by atoms with van der Waals surface area (Å²) in [7, 11) is -3.67. The van der Waals surface area contributed by atoms with E-state index in [-0.39, 0.29) is 43.8 Å². The van der Waals surface area contributed by atoms with Crippen LogP contribution < -0.4 is 9.62 Å². The lowest BCUT2D eigenvalue weighted by molar-refractivity contribution is -0.141. The maximum Gasteiger partial charge on any atom is 0.243 e. The van der Waals surface area contributed by atoms with E-state index in [0.717, 1.165) is 36.2 Å². The fourth-order valence-electron chi connectivity index (χ4n) is 4.75. The van der Waals surface area contributed by atoms with E-state index in [4.69, 9.17) is 23.2 Å². The molecule has 3 rings (SSSR count). The Bertz CT molecular complexity index is 1200. The van der Waals surface area contributed by atoms with Crippen molar-refractivity contribution in [1.29, 1.82) is 0 Å². The molecular weight excluding hydrogens is 552 g/mol. The molecule has 2 aromatic rings. The average Bonchev–Trinajstić information content (AvgIpc) is 3.36. The van der Waals surface area contributed by atoms with Gasteiger partial charge in [0.15, 0.2) is 0 Å². The molecule has 0 bridgehead atoms. The monoisotopic (exact) mass is 585 g/mol. The molecule has 1 fully saturated rings. The van der Waals surface area contributed by atoms with Crippen molar-refractivity contribution in [2.24, 2.45) is 0 Å². The van der Waals surface area contributed by atoms with Crippen molar-refractivity contribution < 1.29 is 22.4 Å². The lowest BCUT2D eigenvalue weighted by atomic mass is 10.1. The number of hydrogen-bond donors (Lipinski definition) is 1. The van der Waals surface area contributed by atoms with Crippen LogP contribution in [0.25, 0.3) is 0 Å². The van der Waals surface area contributed by atoms with Crippen molar-refractivity contribution in [3.8, 4) is 0 Å². The van der Waals surface area contributed by atoms with Gasteiger partial charge in [-0.25, -0.2) is 12.8 Å². The van der Waals surface area contributed by atoms with Gasteiger partial charge in [-0.15, -0.1) is 0 Å². The molecule has 2 amide bonds. The van der Waals surface area contributed by atoms with Crippen LogP contribution in [0.1, 0.15) is 57.4 Å². The van der Waals surface area contributed by atoms with Gasteiger partial charge in [0.1, 0.15) is 11.9 Å². The number of amides is 2. The van der Waals surface area contributed by atoms with Crippen LogP contribution in [0, 0.1) is 5.82 Å². The van der Waals surface area contributed by atoms with Crippen molar-refractivity contribution in [2.45, 2.75) is 70.5 Å². The molecular formula is C27H34Cl2FN3O4S. The van der Waals surface area contributed by atoms with Crippen molar-refractivity contribution in [2.75, 3.05) is 17.1 Å². The third kappa shape index (κ3) is 8.07. The molecule has 38 heavy (non-hydrogen) atoms. The molecule has 11 heteroatoms. The minimum Gasteiger partial charge on any atom is -0.352 e. The van der Waals surface area contributed by atoms with E-state index in [1.54, 1.807) is 18.2 Å². The predicted octanol–water partition coefficient (Wildman–Crippen LogP) is 5.54. The first-order chi connectivity index (χ1) is 18.0. The first kappa shape index (κ1) is 30.2. The second kappa shape index (κ2) is 13.6. The molecule has 0 spiro atoms. The van der Waals surface area contributed by atoms with Gasteiger partial charge in [0.05, 0.1) is 11.9 Å². The summed E-state index contributed by atoms with van der Waals surface area (Å²) in [5.41, 5.74) is 0.851. The van der Waals surface area contributed by atoms with Gasteiger partial charge in [-0.1, -0.05) is 49.0 Å². The summed E-state index contributed by atoms with van der Waals surface area (Å²) in [4.78, 5) is 28.3. The molecule has 0 aliphatic heterocycles. The fourth-order valence-corrected chi connectivity index (χ4v) is 6.23. The first-order valence-electron chi connectivity index (χ1n) is 12.8. The molecule has 7 nitrogen and oxygen atoms in total. The highest BCUT2D eigenvalue weighted by Crippen LogP contribution is 2.28. The predicted molar refractivity (Wildman–Crippen MR) is 149 cm³/mol. The summed E-state index contributed by atoms with van der Waals surface area (Å²) >= 11 is 12.8. The number of halogens is 3. The minimum absolute atomic E-state index is 0.0114. The third-order valence-electron chi connectivity index (χ3n) is 6.74. The molecule has 2 aromatic carbocycles. The Morgan fingerprint density at radius 2 is 1.68 bits per heavy atom. The van der Waals surface area contributed by atoms with Gasteiger partial charge in [-0.2, -0.15) is 0 Å². The highest BCUT2D eigenvalue weighted by molar-refractivity contribution is 7.92. The molecule has 208 valence electrons. The summed E-state index contributed by atoms with van der Waals surface area (Å²) in [5, 5.41) is 3.86. The van der Waals surface area contributed by atoms with Crippen LogP contribution in [0.15, 0.2) is 42.5 Å². The topological polar surface area (TPSA) is 86.8 Å². The van der Waals surface area contributed by atoms with Crippen molar-refractivity contribution >= 4 is 50.7 Å². The summed E-state index contributed by atoms with van der Waals surface area (Å²) < 4.78 is 39.3. The number of benzene rings is 2. The number of rotatable bonds is 12. The molecule has 1 aliphatic carbocycles. The van der Waals surface area contributed by atoms with Crippen LogP contribution >= 0.6 is 23.2 Å². The van der Waals surface area contributed by atoms with Gasteiger partial charge in [0, 0.05) is 41.2 Å². The molecule has 1 aliphatic rings. The number of anilines is 1. The van der Waals surface area contributed by atoms with E-state index in [9.17, 15) is 22.4 Å². The number of carbonyl (C=O) groups excluding carboxylic acids is 2. The zero-order valence-electron chi connectivity index (χ0n) is 21.6. The molecule has 0 heterocycles. The normalized spacial score (nSPS) is 14.8. The van der Waals surface area contributed by atoms with Crippen LogP contribution in [-0.2, 0) is 26.2 Å². The van der Waals surface area contributed by atoms with E-state index in [2.05, 4.69) is 5.32 Å². The highest BCUT2D eigenvalue weighted by atomic mass is 35.5. The molecule has 1 atom stereocenters. The van der Waals surface area contributed by atoms with Gasteiger partial charge in [-0.05, 0) is 62.1 Å². The zero-order chi connectivity index (χ0) is 27.9. The van der Waals surface area contributed by atoms with E-state index >= 15 is 0 Å². The first-order valence-corrected chi connectivity index (χ1v) is 15.4. The Hall–Kier alpha value is -2.36. The van der Waals surface area contributed by atoms with Gasteiger partial charge < -0.3 is 10.2 Å². The molecule has 0 aromatic heterocycles. The molecule has 0 radical (unpaired) electrons. The summed E-state index contributed by atoms with van der Waals surface area (Å²) in [6.07, 6.45) is 5.57. The van der Waals surface area contributed by atoms with Gasteiger partial charge >= 0.3 is 0 Å². The van der Waals surface area contributed by atoms with Crippen molar-refractivity contribution in [3.63, 3.8) is 0 Å². The van der Waals surface area contributed by atoms with Gasteiger partial charge in [0.25, 0.3) is 0 Å². The lowest BCUT2D eigenvalue weighted by Gasteiger charge is -2.32. The zero-order valence-corrected chi connectivity index (χ0v) is 24.0. The number of sulfonamides is 1. The van der Waals surface area contributed by atoms with E-state index < -0.39 is 21.9 Å². The van der Waals surface area contributed by atoms with Gasteiger partial charge in [-0.3, -0.25) is 13.9 Å². The number of hydrogen-bond acceptors (Lipinski definition) is 4. The standard InChI is InChI=1S/C27H34Cl2FN3O4S/c1-3-25(27(35)31-20-8-4-5-9-20)32(18-22-23(28)10-6-11-24(22)29)26(34)12-7-17-33(38(2,36)37)21-15-13-19(30)14-16-21/h6,10-11,13-16,20,25H,3-5,7-9,12,17-18H2,1-2H3,(H,31,35)/t25-/m1/s1. The largest absolute Gasteiger partial charge is 0.352 e.